The van der Waals surface area contributed by atoms with Gasteiger partial charge in [-0.25, -0.2) is 4.98 Å². The lowest BCUT2D eigenvalue weighted by molar-refractivity contribution is 0.128. The molecule has 1 aromatic carbocycles. The number of hydrogen-bond acceptors (Lipinski definition) is 5. The van der Waals surface area contributed by atoms with Crippen LogP contribution in [0.25, 0.3) is 0 Å². The Morgan fingerprint density at radius 3 is 2.72 bits per heavy atom. The molecule has 2 aromatic rings. The van der Waals surface area contributed by atoms with Gasteiger partial charge >= 0.3 is 0 Å². The molecule has 1 N–H and O–H groups in total. The smallest absolute Gasteiger partial charge is 0.125 e. The molecule has 0 aliphatic carbocycles. The summed E-state index contributed by atoms with van der Waals surface area (Å²) in [6.45, 7) is 1.97. The van der Waals surface area contributed by atoms with Crippen LogP contribution in [0.1, 0.15) is 30.0 Å². The van der Waals surface area contributed by atoms with Crippen molar-refractivity contribution < 1.29 is 4.74 Å². The van der Waals surface area contributed by atoms with E-state index in [1.54, 1.807) is 19.4 Å². The van der Waals surface area contributed by atoms with Gasteiger partial charge in [0.05, 0.1) is 12.7 Å². The van der Waals surface area contributed by atoms with Gasteiger partial charge in [-0.15, -0.1) is 0 Å². The molecule has 0 bridgehead atoms. The second kappa shape index (κ2) is 8.00. The van der Waals surface area contributed by atoms with Gasteiger partial charge in [0.25, 0.3) is 0 Å². The lowest BCUT2D eigenvalue weighted by atomic mass is 9.85. The van der Waals surface area contributed by atoms with E-state index in [9.17, 15) is 0 Å². The molecule has 25 heavy (non-hydrogen) atoms. The van der Waals surface area contributed by atoms with Crippen molar-refractivity contribution >= 4 is 5.82 Å². The van der Waals surface area contributed by atoms with Gasteiger partial charge in [0.15, 0.2) is 0 Å². The molecule has 3 rings (SSSR count). The maximum atomic E-state index is 8.86. The predicted molar refractivity (Wildman–Crippen MR) is 98.5 cm³/mol. The van der Waals surface area contributed by atoms with E-state index in [0.29, 0.717) is 17.5 Å². The molecule has 1 aliphatic heterocycles. The highest BCUT2D eigenvalue weighted by Crippen LogP contribution is 2.35. The molecule has 0 spiro atoms. The minimum absolute atomic E-state index is 0.380. The molecule has 0 saturated carbocycles. The quantitative estimate of drug-likeness (QED) is 0.906. The van der Waals surface area contributed by atoms with Crippen LogP contribution in [-0.2, 0) is 0 Å². The number of nitrogens with one attached hydrogen (secondary N) is 1. The minimum Gasteiger partial charge on any atom is -0.497 e. The van der Waals surface area contributed by atoms with E-state index >= 15 is 0 Å². The number of aromatic nitrogens is 1. The number of ether oxygens (including phenoxy) is 1. The van der Waals surface area contributed by atoms with Gasteiger partial charge in [0.1, 0.15) is 17.6 Å². The largest absolute Gasteiger partial charge is 0.497 e. The van der Waals surface area contributed by atoms with Gasteiger partial charge in [0, 0.05) is 18.8 Å². The number of anilines is 1. The molecule has 2 heterocycles. The average molecular weight is 336 g/mol. The lowest BCUT2D eigenvalue weighted by Crippen LogP contribution is -2.39. The summed E-state index contributed by atoms with van der Waals surface area (Å²) in [5, 5.41) is 12.3. The van der Waals surface area contributed by atoms with Gasteiger partial charge < -0.3 is 10.1 Å². The number of rotatable bonds is 5. The number of pyridine rings is 1. The molecule has 1 aliphatic rings. The van der Waals surface area contributed by atoms with Crippen LogP contribution in [0.5, 0.6) is 5.75 Å². The first kappa shape index (κ1) is 17.2. The number of benzene rings is 1. The van der Waals surface area contributed by atoms with Crippen LogP contribution in [0.2, 0.25) is 0 Å². The van der Waals surface area contributed by atoms with E-state index in [0.717, 1.165) is 24.7 Å². The Hall–Kier alpha value is -2.58. The Bertz CT molecular complexity index is 721. The Balaban J connectivity index is 1.71. The normalized spacial score (nSPS) is 20.7. The van der Waals surface area contributed by atoms with Gasteiger partial charge in [-0.05, 0) is 62.2 Å². The average Bonchev–Trinajstić information content (AvgIpc) is 2.67. The van der Waals surface area contributed by atoms with Crippen molar-refractivity contribution in [3.8, 4) is 11.8 Å². The molecule has 130 valence electrons. The zero-order valence-electron chi connectivity index (χ0n) is 14.8. The van der Waals surface area contributed by atoms with Gasteiger partial charge in [-0.3, -0.25) is 4.90 Å². The van der Waals surface area contributed by atoms with Crippen molar-refractivity contribution in [1.29, 1.82) is 5.26 Å². The highest BCUT2D eigenvalue weighted by molar-refractivity contribution is 5.39. The minimum atomic E-state index is 0.380. The molecule has 1 fully saturated rings. The molecular formula is C20H24N4O. The van der Waals surface area contributed by atoms with E-state index in [4.69, 9.17) is 10.00 Å². The van der Waals surface area contributed by atoms with E-state index in [-0.39, 0.29) is 0 Å². The number of nitrogens with zero attached hydrogens (tertiary/aromatic N) is 3. The van der Waals surface area contributed by atoms with E-state index in [2.05, 4.69) is 40.5 Å². The molecule has 2 unspecified atom stereocenters. The van der Waals surface area contributed by atoms with Gasteiger partial charge in [-0.1, -0.05) is 12.1 Å². The Kier molecular flexibility index (Phi) is 5.52. The fraction of sp³-hybridized carbons (Fsp3) is 0.400. The van der Waals surface area contributed by atoms with Crippen molar-refractivity contribution in [2.75, 3.05) is 32.6 Å². The standard InChI is InChI=1S/C20H24N4O/c1-24-11-3-4-17(14-23-19-10-5-15(12-21)13-22-19)20(24)16-6-8-18(25-2)9-7-16/h5-10,13,17,20H,3-4,11,14H2,1-2H3,(H,22,23). The molecule has 5 heteroatoms. The molecule has 0 radical (unpaired) electrons. The van der Waals surface area contributed by atoms with Crippen molar-refractivity contribution in [3.63, 3.8) is 0 Å². The van der Waals surface area contributed by atoms with Crippen LogP contribution in [0.4, 0.5) is 5.82 Å². The summed E-state index contributed by atoms with van der Waals surface area (Å²) in [4.78, 5) is 6.74. The zero-order valence-corrected chi connectivity index (χ0v) is 14.8. The predicted octanol–water partition coefficient (Wildman–Crippen LogP) is 3.46. The highest BCUT2D eigenvalue weighted by atomic mass is 16.5. The molecule has 0 amide bonds. The number of piperidine rings is 1. The SMILES string of the molecule is COc1ccc(C2C(CNc3ccc(C#N)cn3)CCCN2C)cc1. The highest BCUT2D eigenvalue weighted by Gasteiger charge is 2.30. The molecule has 1 saturated heterocycles. The first-order valence-corrected chi connectivity index (χ1v) is 8.65. The summed E-state index contributed by atoms with van der Waals surface area (Å²) >= 11 is 0. The van der Waals surface area contributed by atoms with Gasteiger partial charge in [-0.2, -0.15) is 5.26 Å². The van der Waals surface area contributed by atoms with E-state index < -0.39 is 0 Å². The fourth-order valence-corrected chi connectivity index (χ4v) is 3.60. The zero-order chi connectivity index (χ0) is 17.6. The van der Waals surface area contributed by atoms with Crippen molar-refractivity contribution in [2.45, 2.75) is 18.9 Å². The number of hydrogen-bond donors (Lipinski definition) is 1. The van der Waals surface area contributed by atoms with Crippen LogP contribution in [0.15, 0.2) is 42.6 Å². The Labute approximate surface area is 149 Å². The Morgan fingerprint density at radius 2 is 2.08 bits per heavy atom. The molecule has 1 aromatic heterocycles. The third kappa shape index (κ3) is 4.09. The maximum absolute atomic E-state index is 8.86. The summed E-state index contributed by atoms with van der Waals surface area (Å²) in [6, 6.07) is 14.5. The number of nitriles is 1. The monoisotopic (exact) mass is 336 g/mol. The fourth-order valence-electron chi connectivity index (χ4n) is 3.60. The van der Waals surface area contributed by atoms with Gasteiger partial charge in [0.2, 0.25) is 0 Å². The van der Waals surface area contributed by atoms with Crippen LogP contribution in [0, 0.1) is 17.2 Å². The second-order valence-corrected chi connectivity index (χ2v) is 6.53. The first-order chi connectivity index (χ1) is 12.2. The third-order valence-corrected chi connectivity index (χ3v) is 4.90. The Morgan fingerprint density at radius 1 is 1.28 bits per heavy atom. The summed E-state index contributed by atoms with van der Waals surface area (Å²) in [5.74, 6) is 2.21. The van der Waals surface area contributed by atoms with Crippen LogP contribution < -0.4 is 10.1 Å². The van der Waals surface area contributed by atoms with Crippen LogP contribution in [-0.4, -0.2) is 37.1 Å². The summed E-state index contributed by atoms with van der Waals surface area (Å²) in [6.07, 6.45) is 4.00. The number of likely N-dealkylation sites (tertiary alicyclic amines) is 1. The third-order valence-electron chi connectivity index (χ3n) is 4.90. The van der Waals surface area contributed by atoms with E-state index in [1.807, 2.05) is 18.2 Å². The molecular weight excluding hydrogens is 312 g/mol. The summed E-state index contributed by atoms with van der Waals surface area (Å²) in [7, 11) is 3.89. The van der Waals surface area contributed by atoms with Crippen molar-refractivity contribution in [3.05, 3.63) is 53.7 Å². The maximum Gasteiger partial charge on any atom is 0.125 e. The van der Waals surface area contributed by atoms with E-state index in [1.165, 1.54) is 18.4 Å². The van der Waals surface area contributed by atoms with Crippen LogP contribution in [0.3, 0.4) is 0 Å². The second-order valence-electron chi connectivity index (χ2n) is 6.53. The van der Waals surface area contributed by atoms with Crippen molar-refractivity contribution in [1.82, 2.24) is 9.88 Å². The molecule has 2 atom stereocenters. The number of methoxy groups -OCH3 is 1. The molecule has 5 nitrogen and oxygen atoms in total. The summed E-state index contributed by atoms with van der Waals surface area (Å²) in [5.41, 5.74) is 1.90. The lowest BCUT2D eigenvalue weighted by Gasteiger charge is -2.39. The van der Waals surface area contributed by atoms with Crippen molar-refractivity contribution in [2.24, 2.45) is 5.92 Å². The van der Waals surface area contributed by atoms with Crippen LogP contribution >= 0.6 is 0 Å². The first-order valence-electron chi connectivity index (χ1n) is 8.65. The summed E-state index contributed by atoms with van der Waals surface area (Å²) < 4.78 is 5.28. The topological polar surface area (TPSA) is 61.2 Å².